The molecule has 7 heteroatoms. The van der Waals surface area contributed by atoms with E-state index in [2.05, 4.69) is 15.1 Å². The highest BCUT2D eigenvalue weighted by Crippen LogP contribution is 2.26. The first-order valence-electron chi connectivity index (χ1n) is 5.54. The van der Waals surface area contributed by atoms with Crippen molar-refractivity contribution in [2.75, 3.05) is 0 Å². The van der Waals surface area contributed by atoms with Crippen molar-refractivity contribution in [3.8, 4) is 22.8 Å². The van der Waals surface area contributed by atoms with Crippen molar-refractivity contribution in [1.82, 2.24) is 15.1 Å². The molecule has 2 aromatic heterocycles. The Morgan fingerprint density at radius 1 is 1.10 bits per heavy atom. The monoisotopic (exact) mass is 277 g/mol. The molecule has 0 unspecified atom stereocenters. The lowest BCUT2D eigenvalue weighted by atomic mass is 10.2. The third-order valence-corrected chi connectivity index (χ3v) is 2.57. The van der Waals surface area contributed by atoms with E-state index in [4.69, 9.17) is 4.52 Å². The van der Waals surface area contributed by atoms with E-state index in [0.29, 0.717) is 11.6 Å². The highest BCUT2D eigenvalue weighted by molar-refractivity contribution is 5.59. The zero-order chi connectivity index (χ0) is 14.1. The second kappa shape index (κ2) is 4.76. The normalized spacial score (nSPS) is 10.8. The molecule has 0 saturated carbocycles. The maximum atomic E-state index is 13.6. The molecule has 100 valence electrons. The molecular weight excluding hydrogens is 271 g/mol. The first kappa shape index (κ1) is 12.3. The van der Waals surface area contributed by atoms with Gasteiger partial charge in [0.1, 0.15) is 5.82 Å². The fraction of sp³-hybridized carbons (Fsp3) is 0. The SMILES string of the molecule is Fc1cc(F)c(F)c(-c2nc(-c3cccnc3)no2)c1. The second-order valence-electron chi connectivity index (χ2n) is 3.91. The van der Waals surface area contributed by atoms with E-state index in [-0.39, 0.29) is 11.7 Å². The van der Waals surface area contributed by atoms with Crippen LogP contribution >= 0.6 is 0 Å². The first-order valence-corrected chi connectivity index (χ1v) is 5.54. The highest BCUT2D eigenvalue weighted by atomic mass is 19.2. The number of hydrogen-bond acceptors (Lipinski definition) is 4. The lowest BCUT2D eigenvalue weighted by Crippen LogP contribution is -1.92. The Morgan fingerprint density at radius 3 is 2.70 bits per heavy atom. The molecule has 0 saturated heterocycles. The summed E-state index contributed by atoms with van der Waals surface area (Å²) in [4.78, 5) is 7.78. The van der Waals surface area contributed by atoms with Gasteiger partial charge in [-0.1, -0.05) is 5.16 Å². The standard InChI is InChI=1S/C13H6F3N3O/c14-8-4-9(11(16)10(15)5-8)13-18-12(19-20-13)7-2-1-3-17-6-7/h1-6H. The molecule has 0 spiro atoms. The Labute approximate surface area is 110 Å². The average molecular weight is 277 g/mol. The van der Waals surface area contributed by atoms with Gasteiger partial charge in [-0.25, -0.2) is 13.2 Å². The first-order chi connectivity index (χ1) is 9.65. The fourth-order valence-electron chi connectivity index (χ4n) is 1.66. The van der Waals surface area contributed by atoms with Crippen LogP contribution in [-0.4, -0.2) is 15.1 Å². The van der Waals surface area contributed by atoms with Crippen molar-refractivity contribution < 1.29 is 17.7 Å². The summed E-state index contributed by atoms with van der Waals surface area (Å²) in [5.41, 5.74) is 0.116. The van der Waals surface area contributed by atoms with Crippen LogP contribution in [-0.2, 0) is 0 Å². The molecule has 3 aromatic rings. The fourth-order valence-corrected chi connectivity index (χ4v) is 1.66. The third kappa shape index (κ3) is 2.13. The van der Waals surface area contributed by atoms with E-state index in [1.54, 1.807) is 18.3 Å². The van der Waals surface area contributed by atoms with Gasteiger partial charge in [0.25, 0.3) is 5.89 Å². The smallest absolute Gasteiger partial charge is 0.261 e. The Balaban J connectivity index is 2.07. The molecule has 20 heavy (non-hydrogen) atoms. The van der Waals surface area contributed by atoms with Gasteiger partial charge in [0.2, 0.25) is 5.82 Å². The van der Waals surface area contributed by atoms with E-state index in [1.165, 1.54) is 6.20 Å². The topological polar surface area (TPSA) is 51.8 Å². The Kier molecular flexibility index (Phi) is 2.94. The predicted molar refractivity (Wildman–Crippen MR) is 62.8 cm³/mol. The average Bonchev–Trinajstić information content (AvgIpc) is 2.93. The van der Waals surface area contributed by atoms with E-state index in [9.17, 15) is 13.2 Å². The second-order valence-corrected chi connectivity index (χ2v) is 3.91. The number of hydrogen-bond donors (Lipinski definition) is 0. The highest BCUT2D eigenvalue weighted by Gasteiger charge is 2.18. The maximum absolute atomic E-state index is 13.6. The number of pyridine rings is 1. The van der Waals surface area contributed by atoms with Crippen molar-refractivity contribution in [3.05, 3.63) is 54.1 Å². The number of rotatable bonds is 2. The third-order valence-electron chi connectivity index (χ3n) is 2.57. The summed E-state index contributed by atoms with van der Waals surface area (Å²) in [6.45, 7) is 0. The molecular formula is C13H6F3N3O. The van der Waals surface area contributed by atoms with Crippen LogP contribution in [0.5, 0.6) is 0 Å². The molecule has 0 atom stereocenters. The van der Waals surface area contributed by atoms with Crippen molar-refractivity contribution in [3.63, 3.8) is 0 Å². The van der Waals surface area contributed by atoms with Crippen molar-refractivity contribution in [2.24, 2.45) is 0 Å². The van der Waals surface area contributed by atoms with Crippen LogP contribution in [0.3, 0.4) is 0 Å². The lowest BCUT2D eigenvalue weighted by molar-refractivity contribution is 0.425. The lowest BCUT2D eigenvalue weighted by Gasteiger charge is -1.98. The summed E-state index contributed by atoms with van der Waals surface area (Å²) in [5.74, 6) is -3.65. The van der Waals surface area contributed by atoms with E-state index >= 15 is 0 Å². The van der Waals surface area contributed by atoms with Gasteiger partial charge in [-0.05, 0) is 18.2 Å². The number of benzene rings is 1. The van der Waals surface area contributed by atoms with Gasteiger partial charge < -0.3 is 4.52 Å². The largest absolute Gasteiger partial charge is 0.333 e. The summed E-state index contributed by atoms with van der Waals surface area (Å²) < 4.78 is 44.7. The number of aromatic nitrogens is 3. The molecule has 0 fully saturated rings. The minimum absolute atomic E-state index is 0.150. The number of halogens is 3. The van der Waals surface area contributed by atoms with Crippen LogP contribution < -0.4 is 0 Å². The van der Waals surface area contributed by atoms with Crippen molar-refractivity contribution in [2.45, 2.75) is 0 Å². The number of nitrogens with zero attached hydrogens (tertiary/aromatic N) is 3. The van der Waals surface area contributed by atoms with Gasteiger partial charge >= 0.3 is 0 Å². The van der Waals surface area contributed by atoms with E-state index in [1.807, 2.05) is 0 Å². The Bertz CT molecular complexity index is 759. The van der Waals surface area contributed by atoms with Gasteiger partial charge in [0, 0.05) is 24.0 Å². The predicted octanol–water partition coefficient (Wildman–Crippen LogP) is 3.22. The minimum Gasteiger partial charge on any atom is -0.333 e. The van der Waals surface area contributed by atoms with Crippen LogP contribution in [0.2, 0.25) is 0 Å². The molecule has 4 nitrogen and oxygen atoms in total. The van der Waals surface area contributed by atoms with Crippen molar-refractivity contribution in [1.29, 1.82) is 0 Å². The molecule has 1 aromatic carbocycles. The molecule has 2 heterocycles. The molecule has 0 N–H and O–H groups in total. The van der Waals surface area contributed by atoms with Gasteiger partial charge in [0.05, 0.1) is 5.56 Å². The van der Waals surface area contributed by atoms with Gasteiger partial charge in [0.15, 0.2) is 11.6 Å². The molecule has 0 amide bonds. The van der Waals surface area contributed by atoms with E-state index in [0.717, 1.165) is 6.07 Å². The molecule has 3 rings (SSSR count). The van der Waals surface area contributed by atoms with Crippen LogP contribution in [0.4, 0.5) is 13.2 Å². The summed E-state index contributed by atoms with van der Waals surface area (Å²) in [6.07, 6.45) is 3.04. The Hall–Kier alpha value is -2.70. The molecule has 0 aliphatic carbocycles. The van der Waals surface area contributed by atoms with Crippen LogP contribution in [0.25, 0.3) is 22.8 Å². The Morgan fingerprint density at radius 2 is 1.95 bits per heavy atom. The quantitative estimate of drug-likeness (QED) is 0.675. The van der Waals surface area contributed by atoms with Crippen LogP contribution in [0.1, 0.15) is 0 Å². The maximum Gasteiger partial charge on any atom is 0.261 e. The molecule has 0 aliphatic heterocycles. The zero-order valence-corrected chi connectivity index (χ0v) is 9.85. The molecule has 0 radical (unpaired) electrons. The van der Waals surface area contributed by atoms with Crippen molar-refractivity contribution >= 4 is 0 Å². The zero-order valence-electron chi connectivity index (χ0n) is 9.85. The summed E-state index contributed by atoms with van der Waals surface area (Å²) in [6, 6.07) is 4.56. The van der Waals surface area contributed by atoms with Gasteiger partial charge in [-0.15, -0.1) is 0 Å². The van der Waals surface area contributed by atoms with Crippen LogP contribution in [0.15, 0.2) is 41.2 Å². The minimum atomic E-state index is -1.32. The summed E-state index contributed by atoms with van der Waals surface area (Å²) >= 11 is 0. The van der Waals surface area contributed by atoms with Gasteiger partial charge in [-0.3, -0.25) is 4.98 Å². The van der Waals surface area contributed by atoms with E-state index < -0.39 is 23.0 Å². The van der Waals surface area contributed by atoms with Crippen LogP contribution in [0, 0.1) is 17.5 Å². The summed E-state index contributed by atoms with van der Waals surface area (Å²) in [7, 11) is 0. The van der Waals surface area contributed by atoms with Gasteiger partial charge in [-0.2, -0.15) is 4.98 Å². The molecule has 0 bridgehead atoms. The molecule has 0 aliphatic rings. The summed E-state index contributed by atoms with van der Waals surface area (Å²) in [5, 5.41) is 3.63.